The molecule has 0 fully saturated rings. The molecule has 0 aliphatic heterocycles. The number of thioether (sulfide) groups is 1. The lowest BCUT2D eigenvalue weighted by atomic mass is 9.82. The minimum Gasteiger partial charge on any atom is -0.493 e. The van der Waals surface area contributed by atoms with E-state index in [9.17, 15) is 14.9 Å². The molecule has 0 saturated carbocycles. The molecule has 2 aromatic carbocycles. The molecule has 2 heterocycles. The molecule has 0 spiro atoms. The Kier molecular flexibility index (Phi) is 6.08. The predicted molar refractivity (Wildman–Crippen MR) is 128 cm³/mol. The third-order valence-corrected chi connectivity index (χ3v) is 6.87. The van der Waals surface area contributed by atoms with Crippen LogP contribution in [-0.2, 0) is 12.2 Å². The Morgan fingerprint density at radius 3 is 2.57 bits per heavy atom. The Morgan fingerprint density at radius 1 is 1.09 bits per heavy atom. The average molecular weight is 492 g/mol. The molecule has 5 rings (SSSR count). The summed E-state index contributed by atoms with van der Waals surface area (Å²) in [6.07, 6.45) is 2.67. The van der Waals surface area contributed by atoms with E-state index >= 15 is 0 Å². The normalized spacial score (nSPS) is 15.1. The lowest BCUT2D eigenvalue weighted by Crippen LogP contribution is -2.21. The van der Waals surface area contributed by atoms with Crippen LogP contribution in [0.15, 0.2) is 53.8 Å². The Labute approximate surface area is 204 Å². The first-order valence-corrected chi connectivity index (χ1v) is 11.8. The Morgan fingerprint density at radius 2 is 1.86 bits per heavy atom. The zero-order valence-corrected chi connectivity index (χ0v) is 19.8. The largest absolute Gasteiger partial charge is 0.493 e. The summed E-state index contributed by atoms with van der Waals surface area (Å²) < 4.78 is 12.3. The van der Waals surface area contributed by atoms with Gasteiger partial charge in [0.05, 0.1) is 30.4 Å². The quantitative estimate of drug-likeness (QED) is 0.212. The van der Waals surface area contributed by atoms with E-state index in [0.29, 0.717) is 52.3 Å². The van der Waals surface area contributed by atoms with Crippen LogP contribution >= 0.6 is 11.8 Å². The summed E-state index contributed by atoms with van der Waals surface area (Å²) in [6, 6.07) is 12.1. The molecule has 1 unspecified atom stereocenters. The molecule has 0 amide bonds. The van der Waals surface area contributed by atoms with Gasteiger partial charge in [-0.25, -0.2) is 9.50 Å². The van der Waals surface area contributed by atoms with Crippen LogP contribution in [0.3, 0.4) is 0 Å². The SMILES string of the molecule is COc1ccc(C2CC(=O)c3cn4nc(SCc5ccc([N+](=O)[O-])cc5)nc4nc3C2)cc1OC. The van der Waals surface area contributed by atoms with Gasteiger partial charge in [-0.3, -0.25) is 14.9 Å². The molecule has 1 aliphatic rings. The van der Waals surface area contributed by atoms with Crippen LogP contribution < -0.4 is 9.47 Å². The molecule has 35 heavy (non-hydrogen) atoms. The van der Waals surface area contributed by atoms with E-state index in [1.807, 2.05) is 18.2 Å². The number of carbonyl (C=O) groups excluding carboxylic acids is 1. The van der Waals surface area contributed by atoms with Gasteiger partial charge >= 0.3 is 0 Å². The highest BCUT2D eigenvalue weighted by molar-refractivity contribution is 7.98. The van der Waals surface area contributed by atoms with Gasteiger partial charge in [-0.1, -0.05) is 30.0 Å². The van der Waals surface area contributed by atoms with Crippen LogP contribution in [0.25, 0.3) is 5.78 Å². The van der Waals surface area contributed by atoms with Crippen molar-refractivity contribution in [2.45, 2.75) is 29.7 Å². The van der Waals surface area contributed by atoms with Crippen molar-refractivity contribution in [3.63, 3.8) is 0 Å². The number of ether oxygens (including phenoxy) is 2. The molecule has 0 saturated heterocycles. The standard InChI is InChI=1S/C24H21N5O5S/c1-33-21-8-5-15(11-22(21)34-2)16-9-19-18(20(30)10-16)12-28-23(25-19)26-24(27-28)35-13-14-3-6-17(7-4-14)29(31)32/h3-8,11-12,16H,9-10,13H2,1-2H3. The second-order valence-corrected chi connectivity index (χ2v) is 9.04. The minimum absolute atomic E-state index is 0.0102. The van der Waals surface area contributed by atoms with E-state index in [-0.39, 0.29) is 17.4 Å². The van der Waals surface area contributed by atoms with E-state index in [0.717, 1.165) is 11.1 Å². The number of fused-ring (bicyclic) bond motifs is 2. The van der Waals surface area contributed by atoms with Crippen LogP contribution in [0.4, 0.5) is 5.69 Å². The molecule has 1 aliphatic carbocycles. The number of nitrogens with zero attached hydrogens (tertiary/aromatic N) is 5. The first-order valence-electron chi connectivity index (χ1n) is 10.8. The van der Waals surface area contributed by atoms with E-state index < -0.39 is 4.92 Å². The summed E-state index contributed by atoms with van der Waals surface area (Å²) in [5, 5.41) is 15.8. The van der Waals surface area contributed by atoms with Crippen LogP contribution in [0.2, 0.25) is 0 Å². The van der Waals surface area contributed by atoms with Gasteiger partial charge in [0.1, 0.15) is 0 Å². The highest BCUT2D eigenvalue weighted by Gasteiger charge is 2.29. The van der Waals surface area contributed by atoms with E-state index in [4.69, 9.17) is 9.47 Å². The number of methoxy groups -OCH3 is 2. The maximum Gasteiger partial charge on any atom is 0.269 e. The molecule has 1 atom stereocenters. The lowest BCUT2D eigenvalue weighted by molar-refractivity contribution is -0.384. The van der Waals surface area contributed by atoms with Crippen LogP contribution in [0.1, 0.15) is 39.5 Å². The zero-order valence-electron chi connectivity index (χ0n) is 19.0. The van der Waals surface area contributed by atoms with E-state index in [1.54, 1.807) is 32.5 Å². The van der Waals surface area contributed by atoms with Gasteiger partial charge in [0.2, 0.25) is 5.16 Å². The first-order chi connectivity index (χ1) is 16.9. The number of ketones is 1. The number of nitro benzene ring substituents is 1. The molecular weight excluding hydrogens is 470 g/mol. The topological polar surface area (TPSA) is 122 Å². The van der Waals surface area contributed by atoms with Crippen molar-refractivity contribution in [1.29, 1.82) is 0 Å². The highest BCUT2D eigenvalue weighted by Crippen LogP contribution is 2.36. The van der Waals surface area contributed by atoms with E-state index in [1.165, 1.54) is 28.4 Å². The monoisotopic (exact) mass is 491 g/mol. The molecule has 2 aromatic heterocycles. The van der Waals surface area contributed by atoms with Gasteiger partial charge in [-0.05, 0) is 35.6 Å². The van der Waals surface area contributed by atoms with Crippen molar-refractivity contribution >= 4 is 29.0 Å². The Hall–Kier alpha value is -3.99. The number of carbonyl (C=O) groups is 1. The summed E-state index contributed by atoms with van der Waals surface area (Å²) in [6.45, 7) is 0. The number of aromatic nitrogens is 4. The molecule has 0 bridgehead atoms. The van der Waals surface area contributed by atoms with Gasteiger partial charge in [0.15, 0.2) is 17.3 Å². The van der Waals surface area contributed by atoms with Gasteiger partial charge in [0.25, 0.3) is 11.5 Å². The van der Waals surface area contributed by atoms with Crippen LogP contribution in [0.5, 0.6) is 11.5 Å². The number of hydrogen-bond acceptors (Lipinski definition) is 9. The first kappa shape index (κ1) is 22.8. The summed E-state index contributed by atoms with van der Waals surface area (Å²) in [4.78, 5) is 32.5. The third kappa shape index (κ3) is 4.54. The number of benzene rings is 2. The minimum atomic E-state index is -0.426. The molecule has 10 nitrogen and oxygen atoms in total. The number of Topliss-reactive ketones (excluding diaryl/α,β-unsaturated/α-hetero) is 1. The van der Waals surface area contributed by atoms with Crippen molar-refractivity contribution in [2.75, 3.05) is 14.2 Å². The maximum absolute atomic E-state index is 13.0. The van der Waals surface area contributed by atoms with Gasteiger partial charge in [0, 0.05) is 30.5 Å². The van der Waals surface area contributed by atoms with Gasteiger partial charge in [-0.15, -0.1) is 5.10 Å². The average Bonchev–Trinajstić information content (AvgIpc) is 3.27. The number of hydrogen-bond donors (Lipinski definition) is 0. The highest BCUT2D eigenvalue weighted by atomic mass is 32.2. The molecule has 0 radical (unpaired) electrons. The summed E-state index contributed by atoms with van der Waals surface area (Å²) >= 11 is 1.40. The second kappa shape index (κ2) is 9.34. The number of rotatable bonds is 7. The van der Waals surface area contributed by atoms with Gasteiger partial charge < -0.3 is 9.47 Å². The fourth-order valence-electron chi connectivity index (χ4n) is 4.13. The van der Waals surface area contributed by atoms with Gasteiger partial charge in [-0.2, -0.15) is 4.98 Å². The zero-order chi connectivity index (χ0) is 24.5. The van der Waals surface area contributed by atoms with E-state index in [2.05, 4.69) is 15.1 Å². The summed E-state index contributed by atoms with van der Waals surface area (Å²) in [7, 11) is 3.17. The van der Waals surface area contributed by atoms with Crippen molar-refractivity contribution in [3.8, 4) is 11.5 Å². The second-order valence-electron chi connectivity index (χ2n) is 8.10. The summed E-state index contributed by atoms with van der Waals surface area (Å²) in [5.41, 5.74) is 3.22. The molecule has 11 heteroatoms. The fourth-order valence-corrected chi connectivity index (χ4v) is 4.91. The van der Waals surface area contributed by atoms with Crippen molar-refractivity contribution in [2.24, 2.45) is 0 Å². The number of non-ortho nitro benzene ring substituents is 1. The fraction of sp³-hybridized carbons (Fsp3) is 0.250. The lowest BCUT2D eigenvalue weighted by Gasteiger charge is -2.23. The Bertz CT molecular complexity index is 1440. The van der Waals surface area contributed by atoms with Crippen LogP contribution in [-0.4, -0.2) is 44.5 Å². The summed E-state index contributed by atoms with van der Waals surface area (Å²) in [5.74, 6) is 2.23. The van der Waals surface area contributed by atoms with Crippen molar-refractivity contribution in [3.05, 3.63) is 81.2 Å². The molecule has 0 N–H and O–H groups in total. The molecular formula is C24H21N5O5S. The predicted octanol–water partition coefficient (Wildman–Crippen LogP) is 4.25. The third-order valence-electron chi connectivity index (χ3n) is 5.96. The van der Waals surface area contributed by atoms with Crippen LogP contribution in [0, 0.1) is 10.1 Å². The molecule has 4 aromatic rings. The number of nitro groups is 1. The van der Waals surface area contributed by atoms with Crippen molar-refractivity contribution in [1.82, 2.24) is 19.6 Å². The Balaban J connectivity index is 1.36. The van der Waals surface area contributed by atoms with Crippen molar-refractivity contribution < 1.29 is 19.2 Å². The smallest absolute Gasteiger partial charge is 0.269 e. The molecule has 178 valence electrons. The maximum atomic E-state index is 13.0.